The van der Waals surface area contributed by atoms with Crippen molar-refractivity contribution >= 4 is 23.2 Å². The molecule has 0 radical (unpaired) electrons. The van der Waals surface area contributed by atoms with Crippen LogP contribution in [0.2, 0.25) is 0 Å². The van der Waals surface area contributed by atoms with Gasteiger partial charge in [0.1, 0.15) is 5.75 Å². The van der Waals surface area contributed by atoms with Gasteiger partial charge in [-0.25, -0.2) is 0 Å². The molecule has 0 aliphatic heterocycles. The molecule has 0 aliphatic carbocycles. The van der Waals surface area contributed by atoms with Crippen LogP contribution in [0.15, 0.2) is 42.5 Å². The lowest BCUT2D eigenvalue weighted by molar-refractivity contribution is -0.122. The van der Waals surface area contributed by atoms with Gasteiger partial charge in [-0.05, 0) is 62.2 Å². The van der Waals surface area contributed by atoms with Gasteiger partial charge in [0.15, 0.2) is 6.10 Å². The molecule has 5 nitrogen and oxygen atoms in total. The number of benzene rings is 2. The number of hydrogen-bond donors (Lipinski definition) is 2. The summed E-state index contributed by atoms with van der Waals surface area (Å²) in [4.78, 5) is 23.4. The van der Waals surface area contributed by atoms with Crippen molar-refractivity contribution in [2.24, 2.45) is 0 Å². The Hall–Kier alpha value is -2.82. The molecule has 0 saturated heterocycles. The van der Waals surface area contributed by atoms with E-state index in [9.17, 15) is 9.59 Å². The molecule has 2 N–H and O–H groups in total. The standard InChI is InChI=1S/C19H22N2O3/c1-12-8-13(2)10-18(9-12)24-14(3)19(23)21-17-7-5-6-16(11-17)20-15(4)22/h5-11,14H,1-4H3,(H,20,22)(H,21,23)/t14-/m0/s1. The number of carbonyl (C=O) groups is 2. The smallest absolute Gasteiger partial charge is 0.265 e. The molecule has 0 heterocycles. The van der Waals surface area contributed by atoms with E-state index in [1.54, 1.807) is 31.2 Å². The van der Waals surface area contributed by atoms with Crippen LogP contribution >= 0.6 is 0 Å². The number of ether oxygens (including phenoxy) is 1. The Kier molecular flexibility index (Phi) is 5.58. The Labute approximate surface area is 142 Å². The molecule has 5 heteroatoms. The Balaban J connectivity index is 2.02. The zero-order valence-corrected chi connectivity index (χ0v) is 14.3. The summed E-state index contributed by atoms with van der Waals surface area (Å²) in [5.74, 6) is 0.251. The molecular formula is C19H22N2O3. The van der Waals surface area contributed by atoms with E-state index in [-0.39, 0.29) is 11.8 Å². The summed E-state index contributed by atoms with van der Waals surface area (Å²) >= 11 is 0. The van der Waals surface area contributed by atoms with Gasteiger partial charge < -0.3 is 15.4 Å². The predicted molar refractivity (Wildman–Crippen MR) is 95.4 cm³/mol. The van der Waals surface area contributed by atoms with E-state index >= 15 is 0 Å². The number of aryl methyl sites for hydroxylation is 2. The number of carbonyl (C=O) groups excluding carboxylic acids is 2. The van der Waals surface area contributed by atoms with Crippen molar-refractivity contribution in [3.8, 4) is 5.75 Å². The van der Waals surface area contributed by atoms with Crippen LogP contribution in [0, 0.1) is 13.8 Å². The Morgan fingerprint density at radius 2 is 1.54 bits per heavy atom. The van der Waals surface area contributed by atoms with Gasteiger partial charge >= 0.3 is 0 Å². The molecule has 0 bridgehead atoms. The highest BCUT2D eigenvalue weighted by atomic mass is 16.5. The largest absolute Gasteiger partial charge is 0.481 e. The van der Waals surface area contributed by atoms with E-state index < -0.39 is 6.10 Å². The van der Waals surface area contributed by atoms with E-state index in [1.807, 2.05) is 32.0 Å². The summed E-state index contributed by atoms with van der Waals surface area (Å²) in [7, 11) is 0. The highest BCUT2D eigenvalue weighted by Gasteiger charge is 2.15. The fourth-order valence-electron chi connectivity index (χ4n) is 2.38. The second-order valence-corrected chi connectivity index (χ2v) is 5.83. The van der Waals surface area contributed by atoms with Gasteiger partial charge in [-0.3, -0.25) is 9.59 Å². The van der Waals surface area contributed by atoms with Crippen LogP contribution in [0.1, 0.15) is 25.0 Å². The molecule has 0 spiro atoms. The highest BCUT2D eigenvalue weighted by molar-refractivity contribution is 5.95. The van der Waals surface area contributed by atoms with Crippen molar-refractivity contribution in [1.29, 1.82) is 0 Å². The van der Waals surface area contributed by atoms with Crippen molar-refractivity contribution in [2.45, 2.75) is 33.8 Å². The fraction of sp³-hybridized carbons (Fsp3) is 0.263. The van der Waals surface area contributed by atoms with Crippen molar-refractivity contribution in [2.75, 3.05) is 10.6 Å². The van der Waals surface area contributed by atoms with E-state index in [0.717, 1.165) is 11.1 Å². The Morgan fingerprint density at radius 1 is 0.958 bits per heavy atom. The summed E-state index contributed by atoms with van der Waals surface area (Å²) in [6.45, 7) is 7.10. The predicted octanol–water partition coefficient (Wildman–Crippen LogP) is 3.67. The van der Waals surface area contributed by atoms with Gasteiger partial charge in [-0.15, -0.1) is 0 Å². The number of anilines is 2. The maximum Gasteiger partial charge on any atom is 0.265 e. The maximum absolute atomic E-state index is 12.3. The van der Waals surface area contributed by atoms with Crippen LogP contribution in [-0.2, 0) is 9.59 Å². The molecule has 0 aromatic heterocycles. The molecule has 2 aromatic rings. The number of hydrogen-bond acceptors (Lipinski definition) is 3. The van der Waals surface area contributed by atoms with Gasteiger partial charge in [0.2, 0.25) is 5.91 Å². The first-order valence-corrected chi connectivity index (χ1v) is 7.77. The second-order valence-electron chi connectivity index (χ2n) is 5.83. The van der Waals surface area contributed by atoms with Gasteiger partial charge in [0.05, 0.1) is 0 Å². The SMILES string of the molecule is CC(=O)Nc1cccc(NC(=O)[C@H](C)Oc2cc(C)cc(C)c2)c1. The second kappa shape index (κ2) is 7.64. The van der Waals surface area contributed by atoms with Crippen LogP contribution in [0.25, 0.3) is 0 Å². The maximum atomic E-state index is 12.3. The van der Waals surface area contributed by atoms with Crippen LogP contribution in [-0.4, -0.2) is 17.9 Å². The average molecular weight is 326 g/mol. The molecule has 0 unspecified atom stereocenters. The van der Waals surface area contributed by atoms with Gasteiger partial charge in [-0.2, -0.15) is 0 Å². The molecule has 0 fully saturated rings. The number of amides is 2. The minimum Gasteiger partial charge on any atom is -0.481 e. The summed E-state index contributed by atoms with van der Waals surface area (Å²) in [6, 6.07) is 12.8. The third kappa shape index (κ3) is 5.12. The van der Waals surface area contributed by atoms with Gasteiger partial charge in [0.25, 0.3) is 5.91 Å². The van der Waals surface area contributed by atoms with Crippen LogP contribution < -0.4 is 15.4 Å². The van der Waals surface area contributed by atoms with Crippen molar-refractivity contribution in [1.82, 2.24) is 0 Å². The summed E-state index contributed by atoms with van der Waals surface area (Å²) in [5.41, 5.74) is 3.39. The fourth-order valence-corrected chi connectivity index (χ4v) is 2.38. The van der Waals surface area contributed by atoms with Crippen LogP contribution in [0.3, 0.4) is 0 Å². The Morgan fingerprint density at radius 3 is 2.12 bits per heavy atom. The number of nitrogens with one attached hydrogen (secondary N) is 2. The number of rotatable bonds is 5. The third-order valence-electron chi connectivity index (χ3n) is 3.33. The molecule has 1 atom stereocenters. The molecule has 2 amide bonds. The van der Waals surface area contributed by atoms with Crippen molar-refractivity contribution in [3.05, 3.63) is 53.6 Å². The van der Waals surface area contributed by atoms with E-state index in [4.69, 9.17) is 4.74 Å². The van der Waals surface area contributed by atoms with E-state index in [2.05, 4.69) is 10.6 Å². The van der Waals surface area contributed by atoms with E-state index in [0.29, 0.717) is 17.1 Å². The molecule has 126 valence electrons. The Bertz CT molecular complexity index is 736. The minimum atomic E-state index is -0.643. The van der Waals surface area contributed by atoms with E-state index in [1.165, 1.54) is 6.92 Å². The monoisotopic (exact) mass is 326 g/mol. The normalized spacial score (nSPS) is 11.5. The van der Waals surface area contributed by atoms with Crippen LogP contribution in [0.5, 0.6) is 5.75 Å². The quantitative estimate of drug-likeness (QED) is 0.881. The van der Waals surface area contributed by atoms with Crippen molar-refractivity contribution in [3.63, 3.8) is 0 Å². The molecule has 24 heavy (non-hydrogen) atoms. The summed E-state index contributed by atoms with van der Waals surface area (Å²) in [6.07, 6.45) is -0.643. The zero-order valence-electron chi connectivity index (χ0n) is 14.3. The lowest BCUT2D eigenvalue weighted by atomic mass is 10.1. The molecular weight excluding hydrogens is 304 g/mol. The summed E-state index contributed by atoms with van der Waals surface area (Å²) in [5, 5.41) is 5.47. The lowest BCUT2D eigenvalue weighted by Crippen LogP contribution is -2.30. The molecule has 0 aliphatic rings. The molecule has 0 saturated carbocycles. The topological polar surface area (TPSA) is 67.4 Å². The molecule has 2 aromatic carbocycles. The first kappa shape index (κ1) is 17.5. The average Bonchev–Trinajstić information content (AvgIpc) is 2.45. The lowest BCUT2D eigenvalue weighted by Gasteiger charge is -2.16. The van der Waals surface area contributed by atoms with Gasteiger partial charge in [0, 0.05) is 18.3 Å². The first-order chi connectivity index (χ1) is 11.3. The summed E-state index contributed by atoms with van der Waals surface area (Å²) < 4.78 is 5.72. The zero-order chi connectivity index (χ0) is 17.7. The minimum absolute atomic E-state index is 0.162. The van der Waals surface area contributed by atoms with Gasteiger partial charge in [-0.1, -0.05) is 12.1 Å². The first-order valence-electron chi connectivity index (χ1n) is 7.77. The third-order valence-corrected chi connectivity index (χ3v) is 3.33. The van der Waals surface area contributed by atoms with Crippen molar-refractivity contribution < 1.29 is 14.3 Å². The van der Waals surface area contributed by atoms with Crippen LogP contribution in [0.4, 0.5) is 11.4 Å². The molecule has 2 rings (SSSR count). The highest BCUT2D eigenvalue weighted by Crippen LogP contribution is 2.19.